The van der Waals surface area contributed by atoms with Gasteiger partial charge in [-0.15, -0.1) is 0 Å². The Bertz CT molecular complexity index is 2930. The van der Waals surface area contributed by atoms with E-state index in [4.69, 9.17) is 0 Å². The van der Waals surface area contributed by atoms with Gasteiger partial charge in [-0.1, -0.05) is 255 Å². The van der Waals surface area contributed by atoms with E-state index in [-0.39, 0.29) is 20.4 Å². The smallest absolute Gasteiger partial charge is 0 e. The van der Waals surface area contributed by atoms with Gasteiger partial charge in [0.05, 0.1) is 0 Å². The Balaban J connectivity index is 0.000000147. The molecule has 0 aliphatic carbocycles. The molecule has 0 unspecified atom stereocenters. The van der Waals surface area contributed by atoms with Crippen molar-refractivity contribution in [2.45, 2.75) is 0 Å². The molecule has 3 heteroatoms. The first-order valence-corrected chi connectivity index (χ1v) is 24.0. The Morgan fingerprint density at radius 1 is 0.159 bits per heavy atom. The Morgan fingerprint density at radius 2 is 0.302 bits per heavy atom. The van der Waals surface area contributed by atoms with Gasteiger partial charge in [-0.3, -0.25) is 0 Å². The van der Waals surface area contributed by atoms with Crippen molar-refractivity contribution in [2.75, 3.05) is 0 Å². The molecule has 12 aromatic carbocycles. The zero-order valence-electron chi connectivity index (χ0n) is 34.5. The molecule has 0 N–H and O–H groups in total. The van der Waals surface area contributed by atoms with Crippen LogP contribution in [0.3, 0.4) is 0 Å². The van der Waals surface area contributed by atoms with E-state index in [1.165, 1.54) is 96.5 Å². The molecule has 12 aromatic rings. The van der Waals surface area contributed by atoms with Crippen molar-refractivity contribution >= 4 is 112 Å². The predicted octanol–water partition coefficient (Wildman–Crippen LogP) is 13.8. The van der Waals surface area contributed by atoms with Crippen molar-refractivity contribution < 1.29 is 20.4 Å². The zero-order valence-corrected chi connectivity index (χ0v) is 37.8. The van der Waals surface area contributed by atoms with Crippen LogP contribution in [0.2, 0.25) is 0 Å². The summed E-state index contributed by atoms with van der Waals surface area (Å²) in [5, 5.41) is 24.4. The number of hydrogen-bond donors (Lipinski definition) is 0. The van der Waals surface area contributed by atoms with Gasteiger partial charge >= 0.3 is 0 Å². The summed E-state index contributed by atoms with van der Waals surface area (Å²) >= 11 is 0. The SMILES string of the molecule is [Pd].c1ccc2c(P(c3cccc4ccccc34)c3cccc4ccccc34)cccc2c1.c1ccc2c(P(c3cccc4ccccc34)c3cccc4ccccc34)cccc2c1. The number of benzene rings is 12. The Labute approximate surface area is 385 Å². The maximum absolute atomic E-state index is 2.33. The van der Waals surface area contributed by atoms with E-state index >= 15 is 0 Å². The normalized spacial score (nSPS) is 11.3. The first kappa shape index (κ1) is 40.8. The molecule has 12 rings (SSSR count). The molecule has 0 amide bonds. The second kappa shape index (κ2) is 18.2. The third-order valence-electron chi connectivity index (χ3n) is 12.0. The molecule has 302 valence electrons. The van der Waals surface area contributed by atoms with Crippen molar-refractivity contribution in [1.82, 2.24) is 0 Å². The Morgan fingerprint density at radius 3 is 0.476 bits per heavy atom. The van der Waals surface area contributed by atoms with Crippen LogP contribution in [0.5, 0.6) is 0 Å². The molecule has 0 fully saturated rings. The average molecular weight is 931 g/mol. The molecule has 63 heavy (non-hydrogen) atoms. The third-order valence-corrected chi connectivity index (χ3v) is 17.3. The number of fused-ring (bicyclic) bond motifs is 6. The summed E-state index contributed by atoms with van der Waals surface area (Å²) in [4.78, 5) is 0. The minimum Gasteiger partial charge on any atom is -0.0616 e. The van der Waals surface area contributed by atoms with Crippen LogP contribution in [-0.4, -0.2) is 0 Å². The molecular formula is C60H42P2Pd. The Kier molecular flexibility index (Phi) is 11.8. The van der Waals surface area contributed by atoms with Gasteiger partial charge in [0.15, 0.2) is 0 Å². The van der Waals surface area contributed by atoms with Crippen LogP contribution in [0.4, 0.5) is 0 Å². The summed E-state index contributed by atoms with van der Waals surface area (Å²) in [6, 6.07) is 93.3. The molecule has 0 aliphatic heterocycles. The fourth-order valence-corrected chi connectivity index (χ4v) is 14.8. The van der Waals surface area contributed by atoms with Crippen molar-refractivity contribution in [3.05, 3.63) is 255 Å². The van der Waals surface area contributed by atoms with E-state index in [0.717, 1.165) is 0 Å². The summed E-state index contributed by atoms with van der Waals surface area (Å²) in [6.07, 6.45) is 0. The van der Waals surface area contributed by atoms with Crippen LogP contribution in [-0.2, 0) is 20.4 Å². The van der Waals surface area contributed by atoms with Gasteiger partial charge in [0.2, 0.25) is 0 Å². The fourth-order valence-electron chi connectivity index (χ4n) is 9.20. The number of hydrogen-bond acceptors (Lipinski definition) is 0. The maximum atomic E-state index is 2.33. The molecule has 0 saturated carbocycles. The van der Waals surface area contributed by atoms with E-state index in [2.05, 4.69) is 255 Å². The van der Waals surface area contributed by atoms with E-state index in [1.807, 2.05) is 0 Å². The van der Waals surface area contributed by atoms with Crippen molar-refractivity contribution in [1.29, 1.82) is 0 Å². The summed E-state index contributed by atoms with van der Waals surface area (Å²) < 4.78 is 0. The topological polar surface area (TPSA) is 0 Å². The second-order valence-corrected chi connectivity index (χ2v) is 19.9. The molecule has 0 aliphatic rings. The monoisotopic (exact) mass is 930 g/mol. The van der Waals surface area contributed by atoms with Crippen LogP contribution in [0, 0.1) is 0 Å². The third kappa shape index (κ3) is 7.79. The van der Waals surface area contributed by atoms with Gasteiger partial charge in [0, 0.05) is 20.4 Å². The first-order chi connectivity index (χ1) is 30.8. The van der Waals surface area contributed by atoms with Crippen LogP contribution < -0.4 is 31.8 Å². The summed E-state index contributed by atoms with van der Waals surface area (Å²) in [6.45, 7) is 0. The minimum absolute atomic E-state index is 0. The van der Waals surface area contributed by atoms with Gasteiger partial charge in [-0.05, 0) is 112 Å². The standard InChI is InChI=1S/2C30H21P.Pd/c2*1-4-16-25-22(10-1)13-7-19-28(25)31(29-20-8-14-23-11-2-5-17-26(23)29)30-21-9-15-24-12-3-6-18-27(24)30;/h2*1-21H;. The van der Waals surface area contributed by atoms with Gasteiger partial charge < -0.3 is 0 Å². The van der Waals surface area contributed by atoms with Crippen LogP contribution in [0.25, 0.3) is 64.6 Å². The minimum atomic E-state index is -0.745. The molecule has 0 bridgehead atoms. The van der Waals surface area contributed by atoms with E-state index in [0.29, 0.717) is 0 Å². The van der Waals surface area contributed by atoms with E-state index in [9.17, 15) is 0 Å². The van der Waals surface area contributed by atoms with Crippen LogP contribution in [0.15, 0.2) is 255 Å². The number of rotatable bonds is 6. The average Bonchev–Trinajstić information content (AvgIpc) is 3.35. The molecule has 0 radical (unpaired) electrons. The van der Waals surface area contributed by atoms with Crippen molar-refractivity contribution in [3.63, 3.8) is 0 Å². The maximum Gasteiger partial charge on any atom is 0 e. The van der Waals surface area contributed by atoms with Crippen LogP contribution >= 0.6 is 15.8 Å². The second-order valence-electron chi connectivity index (χ2n) is 15.7. The quantitative estimate of drug-likeness (QED) is 0.115. The zero-order chi connectivity index (χ0) is 41.2. The summed E-state index contributed by atoms with van der Waals surface area (Å²) in [5.74, 6) is 0. The molecular weight excluding hydrogens is 889 g/mol. The molecule has 0 nitrogen and oxygen atoms in total. The van der Waals surface area contributed by atoms with Crippen LogP contribution in [0.1, 0.15) is 0 Å². The Hall–Kier alpha value is -6.28. The van der Waals surface area contributed by atoms with Crippen molar-refractivity contribution in [2.24, 2.45) is 0 Å². The molecule has 0 atom stereocenters. The van der Waals surface area contributed by atoms with Crippen molar-refractivity contribution in [3.8, 4) is 0 Å². The van der Waals surface area contributed by atoms with Gasteiger partial charge in [0.25, 0.3) is 0 Å². The molecule has 0 saturated heterocycles. The fraction of sp³-hybridized carbons (Fsp3) is 0. The van der Waals surface area contributed by atoms with Gasteiger partial charge in [-0.25, -0.2) is 0 Å². The van der Waals surface area contributed by atoms with E-state index in [1.54, 1.807) is 0 Å². The molecule has 0 spiro atoms. The van der Waals surface area contributed by atoms with Gasteiger partial charge in [0.1, 0.15) is 0 Å². The van der Waals surface area contributed by atoms with E-state index < -0.39 is 15.8 Å². The molecule has 0 heterocycles. The summed E-state index contributed by atoms with van der Waals surface area (Å²) in [7, 11) is -1.49. The molecule has 0 aromatic heterocycles. The summed E-state index contributed by atoms with van der Waals surface area (Å²) in [5.41, 5.74) is 0. The largest absolute Gasteiger partial charge is 0.0616 e. The predicted molar refractivity (Wildman–Crippen MR) is 275 cm³/mol. The van der Waals surface area contributed by atoms with Gasteiger partial charge in [-0.2, -0.15) is 0 Å². The first-order valence-electron chi connectivity index (χ1n) is 21.3.